The monoisotopic (exact) mass is 710 g/mol. The smallest absolute Gasteiger partial charge is 0.350 e. The van der Waals surface area contributed by atoms with Crippen molar-refractivity contribution in [1.82, 2.24) is 5.32 Å². The van der Waals surface area contributed by atoms with Crippen LogP contribution in [0.15, 0.2) is 36.4 Å². The molecule has 6 nitrogen and oxygen atoms in total. The Hall–Kier alpha value is -2.43. The van der Waals surface area contributed by atoms with Crippen molar-refractivity contribution in [3.8, 4) is 0 Å². The van der Waals surface area contributed by atoms with Crippen LogP contribution >= 0.6 is 22.6 Å². The zero-order valence-electron chi connectivity index (χ0n) is 21.7. The van der Waals surface area contributed by atoms with E-state index in [1.807, 2.05) is 22.6 Å². The molecule has 2 N–H and O–H groups in total. The lowest BCUT2D eigenvalue weighted by atomic mass is 9.92. The molecule has 15 heteroatoms. The van der Waals surface area contributed by atoms with E-state index in [0.29, 0.717) is 26.8 Å². The number of rotatable bonds is 9. The van der Waals surface area contributed by atoms with Gasteiger partial charge < -0.3 is 10.6 Å². The molecule has 0 aliphatic heterocycles. The summed E-state index contributed by atoms with van der Waals surface area (Å²) < 4.78 is 117. The van der Waals surface area contributed by atoms with E-state index < -0.39 is 50.8 Å². The average molecular weight is 710 g/mol. The second-order valence-electron chi connectivity index (χ2n) is 9.97. The summed E-state index contributed by atoms with van der Waals surface area (Å²) in [6, 6.07) is 6.29. The molecule has 2 aromatic carbocycles. The van der Waals surface area contributed by atoms with E-state index in [1.165, 1.54) is 0 Å². The second-order valence-corrected chi connectivity index (χ2v) is 13.3. The topological polar surface area (TPSA) is 92.3 Å². The molecule has 0 saturated heterocycles. The van der Waals surface area contributed by atoms with Gasteiger partial charge in [0.05, 0.1) is 18.6 Å². The molecule has 0 radical (unpaired) electrons. The van der Waals surface area contributed by atoms with Crippen LogP contribution in [0.3, 0.4) is 0 Å². The number of hydrogen-bond donors (Lipinski definition) is 2. The molecule has 0 unspecified atom stereocenters. The largest absolute Gasteiger partial charge is 0.435 e. The molecule has 0 aliphatic carbocycles. The number of anilines is 1. The first kappa shape index (κ1) is 33.8. The quantitative estimate of drug-likeness (QED) is 0.264. The minimum absolute atomic E-state index is 0.132. The van der Waals surface area contributed by atoms with E-state index in [4.69, 9.17) is 0 Å². The van der Waals surface area contributed by atoms with E-state index in [9.17, 15) is 48.7 Å². The molecule has 0 saturated carbocycles. The van der Waals surface area contributed by atoms with E-state index in [1.54, 1.807) is 32.0 Å². The maximum atomic E-state index is 14.4. The first-order valence-electron chi connectivity index (χ1n) is 11.5. The predicted octanol–water partition coefficient (Wildman–Crippen LogP) is 5.55. The van der Waals surface area contributed by atoms with Crippen LogP contribution in [-0.4, -0.2) is 50.1 Å². The Morgan fingerprint density at radius 3 is 1.98 bits per heavy atom. The Morgan fingerprint density at radius 1 is 0.900 bits per heavy atom. The maximum absolute atomic E-state index is 14.4. The van der Waals surface area contributed by atoms with Gasteiger partial charge in [-0.05, 0) is 72.2 Å². The van der Waals surface area contributed by atoms with Gasteiger partial charge in [-0.3, -0.25) is 9.59 Å². The number of carbonyl (C=O) groups is 2. The molecule has 0 heterocycles. The van der Waals surface area contributed by atoms with Gasteiger partial charge in [0, 0.05) is 26.6 Å². The Labute approximate surface area is 240 Å². The Kier molecular flexibility index (Phi) is 9.98. The number of sulfone groups is 1. The lowest BCUT2D eigenvalue weighted by molar-refractivity contribution is -0.348. The molecule has 0 fully saturated rings. The van der Waals surface area contributed by atoms with Crippen molar-refractivity contribution in [3.05, 3.63) is 62.2 Å². The standard InChI is InChI=1S/C25H26F7IN2O4S/c1-14-10-16(23(26,24(27,28)29)25(30,31)32)8-9-19(14)34-20(36)11-15-6-5-7-18(33)17(15)12-21(37)35-22(2,3)13-40(4,38)39/h5-10H,11-13H2,1-4H3,(H,34,36)(H,35,37). The first-order chi connectivity index (χ1) is 18.0. The molecular weight excluding hydrogens is 684 g/mol. The third kappa shape index (κ3) is 8.30. The Balaban J connectivity index is 2.25. The maximum Gasteiger partial charge on any atom is 0.435 e. The summed E-state index contributed by atoms with van der Waals surface area (Å²) in [5.74, 6) is -1.51. The molecule has 0 bridgehead atoms. The fourth-order valence-corrected chi connectivity index (χ4v) is 6.24. The van der Waals surface area contributed by atoms with Gasteiger partial charge in [-0.25, -0.2) is 12.8 Å². The van der Waals surface area contributed by atoms with Crippen LogP contribution in [0.25, 0.3) is 0 Å². The number of aryl methyl sites for hydroxylation is 1. The van der Waals surface area contributed by atoms with E-state index in [-0.39, 0.29) is 29.8 Å². The molecule has 2 rings (SSSR count). The number of benzene rings is 2. The number of alkyl halides is 7. The van der Waals surface area contributed by atoms with E-state index in [0.717, 1.165) is 19.2 Å². The van der Waals surface area contributed by atoms with Crippen LogP contribution in [0.4, 0.5) is 36.4 Å². The van der Waals surface area contributed by atoms with E-state index >= 15 is 0 Å². The molecule has 0 aromatic heterocycles. The molecule has 2 aromatic rings. The van der Waals surface area contributed by atoms with Gasteiger partial charge in [0.2, 0.25) is 11.8 Å². The van der Waals surface area contributed by atoms with Crippen molar-refractivity contribution < 1.29 is 48.7 Å². The van der Waals surface area contributed by atoms with Gasteiger partial charge in [-0.2, -0.15) is 26.3 Å². The summed E-state index contributed by atoms with van der Waals surface area (Å²) in [7, 11) is -3.39. The second kappa shape index (κ2) is 11.8. The fraction of sp³-hybridized carbons (Fsp3) is 0.440. The van der Waals surface area contributed by atoms with Crippen LogP contribution in [0, 0.1) is 10.5 Å². The molecule has 0 spiro atoms. The summed E-state index contributed by atoms with van der Waals surface area (Å²) >= 11 is 1.95. The highest BCUT2D eigenvalue weighted by Crippen LogP contribution is 2.53. The minimum atomic E-state index is -6.27. The van der Waals surface area contributed by atoms with Gasteiger partial charge in [-0.15, -0.1) is 0 Å². The van der Waals surface area contributed by atoms with Gasteiger partial charge in [0.25, 0.3) is 0 Å². The molecule has 2 amide bonds. The Bertz CT molecular complexity index is 1380. The SMILES string of the molecule is Cc1cc(C(F)(C(F)(F)F)C(F)(F)F)ccc1NC(=O)Cc1cccc(I)c1CC(=O)NC(C)(C)CS(C)(=O)=O. The van der Waals surface area contributed by atoms with Crippen LogP contribution in [0.2, 0.25) is 0 Å². The summed E-state index contributed by atoms with van der Waals surface area (Å²) in [6.45, 7) is 4.20. The number of halogens is 8. The predicted molar refractivity (Wildman–Crippen MR) is 143 cm³/mol. The zero-order chi connectivity index (χ0) is 30.9. The molecule has 40 heavy (non-hydrogen) atoms. The van der Waals surface area contributed by atoms with Crippen molar-refractivity contribution >= 4 is 49.9 Å². The Morgan fingerprint density at radius 2 is 1.48 bits per heavy atom. The normalized spacial score (nSPS) is 13.2. The molecule has 222 valence electrons. The molecule has 0 atom stereocenters. The molecular formula is C25H26F7IN2O4S. The number of hydrogen-bond acceptors (Lipinski definition) is 4. The minimum Gasteiger partial charge on any atom is -0.350 e. The summed E-state index contributed by atoms with van der Waals surface area (Å²) in [5.41, 5.74) is -7.83. The van der Waals surface area contributed by atoms with Crippen LogP contribution in [-0.2, 0) is 37.9 Å². The third-order valence-corrected chi connectivity index (χ3v) is 7.94. The van der Waals surface area contributed by atoms with Crippen molar-refractivity contribution in [3.63, 3.8) is 0 Å². The van der Waals surface area contributed by atoms with Crippen LogP contribution in [0.5, 0.6) is 0 Å². The van der Waals surface area contributed by atoms with Crippen LogP contribution in [0.1, 0.15) is 36.1 Å². The van der Waals surface area contributed by atoms with Crippen LogP contribution < -0.4 is 10.6 Å². The third-order valence-electron chi connectivity index (χ3n) is 5.68. The van der Waals surface area contributed by atoms with Crippen molar-refractivity contribution in [2.75, 3.05) is 17.3 Å². The lowest BCUT2D eigenvalue weighted by Gasteiger charge is -2.30. The fourth-order valence-electron chi connectivity index (χ4n) is 4.11. The summed E-state index contributed by atoms with van der Waals surface area (Å²) in [5, 5.41) is 5.03. The first-order valence-corrected chi connectivity index (χ1v) is 14.6. The van der Waals surface area contributed by atoms with Crippen molar-refractivity contribution in [1.29, 1.82) is 0 Å². The highest BCUT2D eigenvalue weighted by atomic mass is 127. The van der Waals surface area contributed by atoms with Crippen molar-refractivity contribution in [2.24, 2.45) is 0 Å². The summed E-state index contributed by atoms with van der Waals surface area (Å²) in [6.07, 6.45) is -12.0. The van der Waals surface area contributed by atoms with Gasteiger partial charge in [-0.1, -0.05) is 24.3 Å². The number of carbonyl (C=O) groups excluding carboxylic acids is 2. The number of amides is 2. The molecule has 0 aliphatic rings. The highest BCUT2D eigenvalue weighted by Gasteiger charge is 2.73. The van der Waals surface area contributed by atoms with Gasteiger partial charge in [0.1, 0.15) is 9.84 Å². The lowest BCUT2D eigenvalue weighted by Crippen LogP contribution is -2.50. The number of nitrogens with one attached hydrogen (secondary N) is 2. The highest BCUT2D eigenvalue weighted by molar-refractivity contribution is 14.1. The average Bonchev–Trinajstić information content (AvgIpc) is 2.73. The van der Waals surface area contributed by atoms with Crippen molar-refractivity contribution in [2.45, 2.75) is 57.2 Å². The summed E-state index contributed by atoms with van der Waals surface area (Å²) in [4.78, 5) is 25.4. The van der Waals surface area contributed by atoms with Gasteiger partial charge >= 0.3 is 18.0 Å². The van der Waals surface area contributed by atoms with E-state index in [2.05, 4.69) is 10.6 Å². The zero-order valence-corrected chi connectivity index (χ0v) is 24.6. The van der Waals surface area contributed by atoms with Gasteiger partial charge in [0.15, 0.2) is 0 Å².